The number of likely N-dealkylation sites (tertiary alicyclic amines) is 1. The summed E-state index contributed by atoms with van der Waals surface area (Å²) in [4.78, 5) is 14.4. The number of nitrogens with one attached hydrogen (secondary N) is 1. The van der Waals surface area contributed by atoms with Gasteiger partial charge in [0.2, 0.25) is 0 Å². The molecule has 0 aromatic carbocycles. The lowest BCUT2D eigenvalue weighted by atomic mass is 10.0. The molecule has 1 amide bonds. The van der Waals surface area contributed by atoms with Crippen LogP contribution < -0.4 is 0 Å². The molecule has 0 unspecified atom stereocenters. The minimum atomic E-state index is 0.0878. The number of rotatable bonds is 4. The fraction of sp³-hybridized carbons (Fsp3) is 0.714. The lowest BCUT2D eigenvalue weighted by Gasteiger charge is -2.26. The van der Waals surface area contributed by atoms with Crippen LogP contribution in [0.15, 0.2) is 6.07 Å². The van der Waals surface area contributed by atoms with Gasteiger partial charge in [-0.2, -0.15) is 5.10 Å². The molecule has 1 atom stereocenters. The van der Waals surface area contributed by atoms with E-state index in [0.717, 1.165) is 37.9 Å². The molecule has 1 aromatic rings. The standard InChI is InChI=1S/C14H23N3O/c1-4-6-11-9-12(16-15-11)14(18)17-8-5-7-13(17)10(2)3/h9-10,13H,4-8H2,1-3H3,(H,15,16)/t13-/m1/s1. The molecule has 0 radical (unpaired) electrons. The van der Waals surface area contributed by atoms with Crippen molar-refractivity contribution in [1.29, 1.82) is 0 Å². The molecule has 1 aromatic heterocycles. The number of hydrogen-bond donors (Lipinski definition) is 1. The highest BCUT2D eigenvalue weighted by Crippen LogP contribution is 2.25. The van der Waals surface area contributed by atoms with Gasteiger partial charge in [0.25, 0.3) is 5.91 Å². The molecule has 0 bridgehead atoms. The first-order chi connectivity index (χ1) is 8.63. The highest BCUT2D eigenvalue weighted by Gasteiger charge is 2.32. The van der Waals surface area contributed by atoms with Crippen LogP contribution in [0.1, 0.15) is 56.2 Å². The molecule has 0 saturated carbocycles. The van der Waals surface area contributed by atoms with E-state index in [-0.39, 0.29) is 5.91 Å². The second-order valence-electron chi connectivity index (χ2n) is 5.48. The summed E-state index contributed by atoms with van der Waals surface area (Å²) in [5, 5.41) is 7.11. The largest absolute Gasteiger partial charge is 0.334 e. The highest BCUT2D eigenvalue weighted by atomic mass is 16.2. The normalized spacial score (nSPS) is 19.8. The van der Waals surface area contributed by atoms with Crippen LogP contribution in [0.2, 0.25) is 0 Å². The van der Waals surface area contributed by atoms with Gasteiger partial charge in [-0.3, -0.25) is 9.89 Å². The van der Waals surface area contributed by atoms with E-state index in [4.69, 9.17) is 0 Å². The molecular weight excluding hydrogens is 226 g/mol. The Labute approximate surface area is 109 Å². The van der Waals surface area contributed by atoms with Gasteiger partial charge in [0, 0.05) is 18.3 Å². The molecule has 0 aliphatic carbocycles. The Bertz CT molecular complexity index is 411. The van der Waals surface area contributed by atoms with Crippen molar-refractivity contribution in [1.82, 2.24) is 15.1 Å². The number of amides is 1. The van der Waals surface area contributed by atoms with Gasteiger partial charge in [0.05, 0.1) is 0 Å². The fourth-order valence-corrected chi connectivity index (χ4v) is 2.75. The van der Waals surface area contributed by atoms with Crippen molar-refractivity contribution >= 4 is 5.91 Å². The zero-order chi connectivity index (χ0) is 13.1. The minimum Gasteiger partial charge on any atom is -0.334 e. The van der Waals surface area contributed by atoms with Crippen molar-refractivity contribution in [2.24, 2.45) is 5.92 Å². The lowest BCUT2D eigenvalue weighted by Crippen LogP contribution is -2.38. The van der Waals surface area contributed by atoms with Crippen molar-refractivity contribution in [2.75, 3.05) is 6.54 Å². The lowest BCUT2D eigenvalue weighted by molar-refractivity contribution is 0.0695. The van der Waals surface area contributed by atoms with Crippen molar-refractivity contribution < 1.29 is 4.79 Å². The van der Waals surface area contributed by atoms with Crippen molar-refractivity contribution in [3.8, 4) is 0 Å². The summed E-state index contributed by atoms with van der Waals surface area (Å²) in [7, 11) is 0. The minimum absolute atomic E-state index is 0.0878. The first-order valence-corrected chi connectivity index (χ1v) is 6.98. The third kappa shape index (κ3) is 2.57. The Kier molecular flexibility index (Phi) is 4.04. The number of aromatic nitrogens is 2. The third-order valence-corrected chi connectivity index (χ3v) is 3.70. The van der Waals surface area contributed by atoms with Gasteiger partial charge in [-0.1, -0.05) is 27.2 Å². The predicted molar refractivity (Wildman–Crippen MR) is 71.5 cm³/mol. The topological polar surface area (TPSA) is 49.0 Å². The van der Waals surface area contributed by atoms with E-state index in [1.165, 1.54) is 0 Å². The number of carbonyl (C=O) groups excluding carboxylic acids is 1. The van der Waals surface area contributed by atoms with Crippen LogP contribution in [0.4, 0.5) is 0 Å². The Morgan fingerprint density at radius 3 is 3.06 bits per heavy atom. The molecule has 0 spiro atoms. The maximum Gasteiger partial charge on any atom is 0.274 e. The summed E-state index contributed by atoms with van der Waals surface area (Å²) in [6, 6.07) is 2.28. The molecule has 2 rings (SSSR count). The number of aryl methyl sites for hydroxylation is 1. The molecule has 18 heavy (non-hydrogen) atoms. The van der Waals surface area contributed by atoms with E-state index >= 15 is 0 Å². The third-order valence-electron chi connectivity index (χ3n) is 3.70. The summed E-state index contributed by atoms with van der Waals surface area (Å²) in [5.41, 5.74) is 1.63. The maximum absolute atomic E-state index is 12.4. The first kappa shape index (κ1) is 13.1. The summed E-state index contributed by atoms with van der Waals surface area (Å²) < 4.78 is 0. The molecule has 1 N–H and O–H groups in total. The van der Waals surface area contributed by atoms with E-state index in [1.54, 1.807) is 0 Å². The SMILES string of the molecule is CCCc1cc(C(=O)N2CCC[C@@H]2C(C)C)n[nH]1. The average Bonchev–Trinajstić information content (AvgIpc) is 2.96. The van der Waals surface area contributed by atoms with Gasteiger partial charge < -0.3 is 4.90 Å². The summed E-state index contributed by atoms with van der Waals surface area (Å²) in [6.07, 6.45) is 4.25. The van der Waals surface area contributed by atoms with Crippen LogP contribution in [-0.2, 0) is 6.42 Å². The van der Waals surface area contributed by atoms with E-state index in [9.17, 15) is 4.79 Å². The van der Waals surface area contributed by atoms with Gasteiger partial charge in [0.15, 0.2) is 0 Å². The van der Waals surface area contributed by atoms with Crippen LogP contribution in [0, 0.1) is 5.92 Å². The van der Waals surface area contributed by atoms with Crippen LogP contribution >= 0.6 is 0 Å². The van der Waals surface area contributed by atoms with Crippen LogP contribution in [0.5, 0.6) is 0 Å². The quantitative estimate of drug-likeness (QED) is 0.891. The predicted octanol–water partition coefficient (Wildman–Crippen LogP) is 2.62. The maximum atomic E-state index is 12.4. The summed E-state index contributed by atoms with van der Waals surface area (Å²) in [6.45, 7) is 7.36. The number of H-pyrrole nitrogens is 1. The molecule has 100 valence electrons. The zero-order valence-corrected chi connectivity index (χ0v) is 11.6. The van der Waals surface area contributed by atoms with Gasteiger partial charge >= 0.3 is 0 Å². The van der Waals surface area contributed by atoms with Gasteiger partial charge in [-0.05, 0) is 31.2 Å². The molecular formula is C14H23N3O. The number of carbonyl (C=O) groups is 1. The second-order valence-corrected chi connectivity index (χ2v) is 5.48. The van der Waals surface area contributed by atoms with Gasteiger partial charge in [-0.15, -0.1) is 0 Å². The monoisotopic (exact) mass is 249 g/mol. The fourth-order valence-electron chi connectivity index (χ4n) is 2.75. The van der Waals surface area contributed by atoms with E-state index in [2.05, 4.69) is 31.0 Å². The van der Waals surface area contributed by atoms with Crippen LogP contribution in [-0.4, -0.2) is 33.6 Å². The Morgan fingerprint density at radius 1 is 1.61 bits per heavy atom. The van der Waals surface area contributed by atoms with Gasteiger partial charge in [0.1, 0.15) is 5.69 Å². The van der Waals surface area contributed by atoms with Crippen molar-refractivity contribution in [2.45, 2.75) is 52.5 Å². The van der Waals surface area contributed by atoms with Crippen molar-refractivity contribution in [3.05, 3.63) is 17.5 Å². The Morgan fingerprint density at radius 2 is 2.39 bits per heavy atom. The second kappa shape index (κ2) is 5.55. The number of hydrogen-bond acceptors (Lipinski definition) is 2. The molecule has 4 heteroatoms. The first-order valence-electron chi connectivity index (χ1n) is 6.98. The van der Waals surface area contributed by atoms with Crippen LogP contribution in [0.25, 0.3) is 0 Å². The molecule has 1 aliphatic heterocycles. The number of aromatic amines is 1. The molecule has 2 heterocycles. The summed E-state index contributed by atoms with van der Waals surface area (Å²) >= 11 is 0. The van der Waals surface area contributed by atoms with E-state index < -0.39 is 0 Å². The van der Waals surface area contributed by atoms with Crippen molar-refractivity contribution in [3.63, 3.8) is 0 Å². The highest BCUT2D eigenvalue weighted by molar-refractivity contribution is 5.92. The molecule has 1 saturated heterocycles. The van der Waals surface area contributed by atoms with Gasteiger partial charge in [-0.25, -0.2) is 0 Å². The van der Waals surface area contributed by atoms with E-state index in [0.29, 0.717) is 17.7 Å². The Hall–Kier alpha value is -1.32. The van der Waals surface area contributed by atoms with Crippen LogP contribution in [0.3, 0.4) is 0 Å². The smallest absolute Gasteiger partial charge is 0.274 e. The molecule has 4 nitrogen and oxygen atoms in total. The summed E-state index contributed by atoms with van der Waals surface area (Å²) in [5.74, 6) is 0.607. The average molecular weight is 249 g/mol. The number of nitrogens with zero attached hydrogens (tertiary/aromatic N) is 2. The molecule has 1 aliphatic rings. The zero-order valence-electron chi connectivity index (χ0n) is 11.6. The Balaban J connectivity index is 2.10. The van der Waals surface area contributed by atoms with E-state index in [1.807, 2.05) is 11.0 Å². The molecule has 1 fully saturated rings.